The van der Waals surface area contributed by atoms with Crippen LogP contribution < -0.4 is 10.6 Å². The average Bonchev–Trinajstić information content (AvgIpc) is 2.74. The maximum atomic E-state index is 5.69. The minimum Gasteiger partial charge on any atom is -0.389 e. The second kappa shape index (κ2) is 5.63. The molecule has 2 heterocycles. The van der Waals surface area contributed by atoms with Crippen LogP contribution >= 0.6 is 23.6 Å². The molecule has 0 aliphatic heterocycles. The molecule has 0 fully saturated rings. The summed E-state index contributed by atoms with van der Waals surface area (Å²) in [6, 6.07) is 3.82. The molecular formula is C13H16N4S2. The van der Waals surface area contributed by atoms with E-state index in [2.05, 4.69) is 14.9 Å². The number of aryl methyl sites for hydroxylation is 2. The standard InChI is InChI=1S/C13H16N4S2/c1-8-4-10(13(14)18)5-12(16-8)17(3)6-11-9(2)15-7-19-11/h4-5,7H,6H2,1-3H3,(H2,14,18). The summed E-state index contributed by atoms with van der Waals surface area (Å²) in [6.07, 6.45) is 0. The van der Waals surface area contributed by atoms with Crippen molar-refractivity contribution in [1.29, 1.82) is 0 Å². The highest BCUT2D eigenvalue weighted by Crippen LogP contribution is 2.19. The molecule has 0 radical (unpaired) electrons. The Kier molecular flexibility index (Phi) is 4.11. The molecule has 0 aliphatic rings. The van der Waals surface area contributed by atoms with Crippen molar-refractivity contribution in [3.05, 3.63) is 39.5 Å². The van der Waals surface area contributed by atoms with E-state index in [4.69, 9.17) is 18.0 Å². The van der Waals surface area contributed by atoms with Crippen LogP contribution in [0.5, 0.6) is 0 Å². The third-order valence-corrected chi connectivity index (χ3v) is 4.00. The van der Waals surface area contributed by atoms with Crippen LogP contribution in [0, 0.1) is 13.8 Å². The predicted octanol–water partition coefficient (Wildman–Crippen LogP) is 2.43. The fourth-order valence-electron chi connectivity index (χ4n) is 1.76. The highest BCUT2D eigenvalue weighted by atomic mass is 32.1. The van der Waals surface area contributed by atoms with Crippen LogP contribution in [-0.4, -0.2) is 22.0 Å². The first-order chi connectivity index (χ1) is 8.97. The molecule has 0 atom stereocenters. The first-order valence-electron chi connectivity index (χ1n) is 5.86. The number of thiazole rings is 1. The molecule has 0 aromatic carbocycles. The summed E-state index contributed by atoms with van der Waals surface area (Å²) in [7, 11) is 2.00. The molecule has 0 saturated carbocycles. The molecule has 0 amide bonds. The van der Waals surface area contributed by atoms with Gasteiger partial charge in [0, 0.05) is 23.2 Å². The Morgan fingerprint density at radius 3 is 2.74 bits per heavy atom. The molecule has 2 aromatic heterocycles. The van der Waals surface area contributed by atoms with Gasteiger partial charge >= 0.3 is 0 Å². The predicted molar refractivity (Wildman–Crippen MR) is 83.8 cm³/mol. The zero-order valence-electron chi connectivity index (χ0n) is 11.2. The Morgan fingerprint density at radius 1 is 1.42 bits per heavy atom. The van der Waals surface area contributed by atoms with Gasteiger partial charge in [0.15, 0.2) is 0 Å². The van der Waals surface area contributed by atoms with E-state index < -0.39 is 0 Å². The van der Waals surface area contributed by atoms with Gasteiger partial charge in [0.1, 0.15) is 10.8 Å². The Labute approximate surface area is 122 Å². The number of nitrogens with two attached hydrogens (primary N) is 1. The van der Waals surface area contributed by atoms with E-state index in [0.717, 1.165) is 29.3 Å². The molecule has 4 nitrogen and oxygen atoms in total. The van der Waals surface area contributed by atoms with Crippen molar-refractivity contribution in [2.45, 2.75) is 20.4 Å². The van der Waals surface area contributed by atoms with Crippen LogP contribution in [0.25, 0.3) is 0 Å². The summed E-state index contributed by atoms with van der Waals surface area (Å²) in [5.41, 5.74) is 10.4. The van der Waals surface area contributed by atoms with Gasteiger partial charge in [0.25, 0.3) is 0 Å². The maximum Gasteiger partial charge on any atom is 0.129 e. The molecule has 100 valence electrons. The monoisotopic (exact) mass is 292 g/mol. The lowest BCUT2D eigenvalue weighted by Crippen LogP contribution is -2.19. The summed E-state index contributed by atoms with van der Waals surface area (Å²) < 4.78 is 0. The van der Waals surface area contributed by atoms with E-state index in [1.54, 1.807) is 11.3 Å². The molecule has 0 unspecified atom stereocenters. The number of thiocarbonyl (C=S) groups is 1. The normalized spacial score (nSPS) is 10.5. The summed E-state index contributed by atoms with van der Waals surface area (Å²) >= 11 is 6.68. The fraction of sp³-hybridized carbons (Fsp3) is 0.308. The quantitative estimate of drug-likeness (QED) is 0.877. The highest BCUT2D eigenvalue weighted by molar-refractivity contribution is 7.80. The molecule has 0 saturated heterocycles. The average molecular weight is 292 g/mol. The Balaban J connectivity index is 2.26. The van der Waals surface area contributed by atoms with Crippen molar-refractivity contribution in [3.8, 4) is 0 Å². The van der Waals surface area contributed by atoms with Crippen LogP contribution in [0.15, 0.2) is 17.6 Å². The van der Waals surface area contributed by atoms with Crippen molar-refractivity contribution in [2.75, 3.05) is 11.9 Å². The van der Waals surface area contributed by atoms with E-state index in [9.17, 15) is 0 Å². The molecule has 0 bridgehead atoms. The third-order valence-electron chi connectivity index (χ3n) is 2.84. The Hall–Kier alpha value is -1.53. The lowest BCUT2D eigenvalue weighted by atomic mass is 10.2. The molecule has 2 rings (SSSR count). The maximum absolute atomic E-state index is 5.69. The van der Waals surface area contributed by atoms with Crippen LogP contribution in [0.4, 0.5) is 5.82 Å². The smallest absolute Gasteiger partial charge is 0.129 e. The van der Waals surface area contributed by atoms with Gasteiger partial charge in [0.05, 0.1) is 17.7 Å². The van der Waals surface area contributed by atoms with Crippen LogP contribution in [0.1, 0.15) is 21.8 Å². The SMILES string of the molecule is Cc1cc(C(N)=S)cc(N(C)Cc2scnc2C)n1. The zero-order valence-corrected chi connectivity index (χ0v) is 12.8. The van der Waals surface area contributed by atoms with Gasteiger partial charge in [-0.1, -0.05) is 12.2 Å². The van der Waals surface area contributed by atoms with Gasteiger partial charge in [0.2, 0.25) is 0 Å². The second-order valence-electron chi connectivity index (χ2n) is 4.44. The largest absolute Gasteiger partial charge is 0.389 e. The number of hydrogen-bond donors (Lipinski definition) is 1. The summed E-state index contributed by atoms with van der Waals surface area (Å²) in [4.78, 5) is 12.5. The van der Waals surface area contributed by atoms with Gasteiger partial charge in [-0.3, -0.25) is 0 Å². The van der Waals surface area contributed by atoms with Gasteiger partial charge in [-0.15, -0.1) is 11.3 Å². The first kappa shape index (κ1) is 13.9. The van der Waals surface area contributed by atoms with E-state index in [1.165, 1.54) is 4.88 Å². The zero-order chi connectivity index (χ0) is 14.0. The first-order valence-corrected chi connectivity index (χ1v) is 7.14. The van der Waals surface area contributed by atoms with Crippen molar-refractivity contribution < 1.29 is 0 Å². The molecule has 0 aliphatic carbocycles. The van der Waals surface area contributed by atoms with Gasteiger partial charge in [-0.2, -0.15) is 0 Å². The van der Waals surface area contributed by atoms with Crippen molar-refractivity contribution >= 4 is 34.4 Å². The molecule has 2 N–H and O–H groups in total. The van der Waals surface area contributed by atoms with Crippen molar-refractivity contribution in [2.24, 2.45) is 5.73 Å². The number of aromatic nitrogens is 2. The number of anilines is 1. The van der Waals surface area contributed by atoms with Gasteiger partial charge in [-0.05, 0) is 26.0 Å². The lowest BCUT2D eigenvalue weighted by molar-refractivity contribution is 0.895. The lowest BCUT2D eigenvalue weighted by Gasteiger charge is -2.19. The number of nitrogens with zero attached hydrogens (tertiary/aromatic N) is 3. The number of hydrogen-bond acceptors (Lipinski definition) is 5. The Morgan fingerprint density at radius 2 is 2.16 bits per heavy atom. The number of pyridine rings is 1. The van der Waals surface area contributed by atoms with Crippen LogP contribution in [0.3, 0.4) is 0 Å². The minimum absolute atomic E-state index is 0.397. The molecule has 2 aromatic rings. The fourth-order valence-corrected chi connectivity index (χ4v) is 2.71. The van der Waals surface area contributed by atoms with Crippen molar-refractivity contribution in [1.82, 2.24) is 9.97 Å². The van der Waals surface area contributed by atoms with Crippen LogP contribution in [0.2, 0.25) is 0 Å². The van der Waals surface area contributed by atoms with Crippen molar-refractivity contribution in [3.63, 3.8) is 0 Å². The summed E-state index contributed by atoms with van der Waals surface area (Å²) in [5.74, 6) is 0.871. The second-order valence-corrected chi connectivity index (χ2v) is 5.82. The summed E-state index contributed by atoms with van der Waals surface area (Å²) in [5, 5.41) is 0. The van der Waals surface area contributed by atoms with Gasteiger partial charge < -0.3 is 10.6 Å². The van der Waals surface area contributed by atoms with E-state index in [-0.39, 0.29) is 0 Å². The van der Waals surface area contributed by atoms with Gasteiger partial charge in [-0.25, -0.2) is 9.97 Å². The highest BCUT2D eigenvalue weighted by Gasteiger charge is 2.10. The number of rotatable bonds is 4. The Bertz CT molecular complexity index is 606. The third kappa shape index (κ3) is 3.27. The molecule has 19 heavy (non-hydrogen) atoms. The van der Waals surface area contributed by atoms with Crippen LogP contribution in [-0.2, 0) is 6.54 Å². The minimum atomic E-state index is 0.397. The van der Waals surface area contributed by atoms with E-state index in [0.29, 0.717) is 4.99 Å². The molecular weight excluding hydrogens is 276 g/mol. The summed E-state index contributed by atoms with van der Waals surface area (Å²) in [6.45, 7) is 4.74. The van der Waals surface area contributed by atoms with E-state index >= 15 is 0 Å². The van der Waals surface area contributed by atoms with E-state index in [1.807, 2.05) is 38.5 Å². The molecule has 6 heteroatoms. The molecule has 0 spiro atoms. The topological polar surface area (TPSA) is 55.0 Å².